The fourth-order valence-electron chi connectivity index (χ4n) is 4.23. The van der Waals surface area contributed by atoms with Crippen LogP contribution in [-0.4, -0.2) is 71.3 Å². The Morgan fingerprint density at radius 1 is 1.33 bits per heavy atom. The Balaban J connectivity index is 1.59. The minimum atomic E-state index is -1.14. The lowest BCUT2D eigenvalue weighted by molar-refractivity contribution is -0.151. The van der Waals surface area contributed by atoms with Gasteiger partial charge < -0.3 is 20.8 Å². The van der Waals surface area contributed by atoms with E-state index in [0.717, 1.165) is 0 Å². The molecule has 0 radical (unpaired) electrons. The van der Waals surface area contributed by atoms with Crippen LogP contribution in [-0.2, 0) is 14.4 Å². The summed E-state index contributed by atoms with van der Waals surface area (Å²) in [6.45, 7) is 3.69. The minimum Gasteiger partial charge on any atom is -0.508 e. The third-order valence-electron chi connectivity index (χ3n) is 5.86. The van der Waals surface area contributed by atoms with Crippen LogP contribution in [0.5, 0.6) is 5.75 Å². The number of carboxylic acid groups (broad SMARTS) is 1. The number of thiocarbonyl (C=S) groups is 1. The van der Waals surface area contributed by atoms with E-state index in [4.69, 9.17) is 12.2 Å². The van der Waals surface area contributed by atoms with E-state index in [-0.39, 0.29) is 23.5 Å². The summed E-state index contributed by atoms with van der Waals surface area (Å²) < 4.78 is 0.662. The van der Waals surface area contributed by atoms with Crippen molar-refractivity contribution in [2.24, 2.45) is 0 Å². The van der Waals surface area contributed by atoms with Crippen LogP contribution in [0.15, 0.2) is 35.5 Å². The second-order valence-corrected chi connectivity index (χ2v) is 10.7. The number of hydrogen-bond acceptors (Lipinski definition) is 8. The van der Waals surface area contributed by atoms with E-state index >= 15 is 0 Å². The van der Waals surface area contributed by atoms with Crippen LogP contribution in [0.3, 0.4) is 0 Å². The van der Waals surface area contributed by atoms with Crippen LogP contribution in [0.2, 0.25) is 0 Å². The van der Waals surface area contributed by atoms with Gasteiger partial charge in [0, 0.05) is 5.75 Å². The Hall–Kier alpha value is -2.28. The average Bonchev–Trinajstić information content (AvgIpc) is 2.79. The highest BCUT2D eigenvalue weighted by Crippen LogP contribution is 2.40. The Kier molecular flexibility index (Phi) is 6.89. The lowest BCUT2D eigenvalue weighted by Crippen LogP contribution is -2.71. The Morgan fingerprint density at radius 2 is 2.03 bits per heavy atom. The number of aromatic hydroxyl groups is 1. The zero-order valence-electron chi connectivity index (χ0n) is 18.0. The lowest BCUT2D eigenvalue weighted by Gasteiger charge is -2.50. The number of phenolic OH excluding ortho intramolecular Hbond substituents is 1. The Labute approximate surface area is 204 Å². The topological polar surface area (TPSA) is 122 Å². The molecule has 12 heteroatoms. The number of carboxylic acids is 1. The molecule has 0 aliphatic carbocycles. The van der Waals surface area contributed by atoms with E-state index in [0.29, 0.717) is 33.5 Å². The van der Waals surface area contributed by atoms with Gasteiger partial charge in [-0.1, -0.05) is 43.0 Å². The normalized spacial score (nSPS) is 26.2. The maximum Gasteiger partial charge on any atom is 0.352 e. The number of carbonyl (C=O) groups excluding carboxylic acids is 2. The highest BCUT2D eigenvalue weighted by molar-refractivity contribution is 8.23. The molecular weight excluding hydrogens is 484 g/mol. The molecule has 4 atom stereocenters. The van der Waals surface area contributed by atoms with Crippen LogP contribution < -0.4 is 10.6 Å². The second-order valence-electron chi connectivity index (χ2n) is 7.97. The van der Waals surface area contributed by atoms with Crippen molar-refractivity contribution in [2.45, 2.75) is 43.9 Å². The lowest BCUT2D eigenvalue weighted by atomic mass is 10.00. The molecule has 2 saturated heterocycles. The molecule has 3 aliphatic rings. The van der Waals surface area contributed by atoms with Crippen molar-refractivity contribution in [3.05, 3.63) is 41.1 Å². The first-order valence-corrected chi connectivity index (χ1v) is 12.8. The Morgan fingerprint density at radius 3 is 2.67 bits per heavy atom. The number of thioether (sulfide) groups is 2. The molecule has 0 aromatic heterocycles. The van der Waals surface area contributed by atoms with Gasteiger partial charge in [-0.25, -0.2) is 4.79 Å². The van der Waals surface area contributed by atoms with Gasteiger partial charge in [0.05, 0.1) is 12.0 Å². The van der Waals surface area contributed by atoms with Crippen LogP contribution in [0.25, 0.3) is 0 Å². The van der Waals surface area contributed by atoms with Crippen molar-refractivity contribution in [1.29, 1.82) is 0 Å². The number of fused-ring (bicyclic) bond motifs is 1. The van der Waals surface area contributed by atoms with E-state index in [9.17, 15) is 24.6 Å². The molecular formula is C21H24N4O5S3. The summed E-state index contributed by atoms with van der Waals surface area (Å²) in [5.41, 5.74) is 1.29. The van der Waals surface area contributed by atoms with E-state index in [2.05, 4.69) is 10.6 Å². The quantitative estimate of drug-likeness (QED) is 0.334. The second kappa shape index (κ2) is 9.53. The van der Waals surface area contributed by atoms with Gasteiger partial charge in [-0.05, 0) is 36.6 Å². The summed E-state index contributed by atoms with van der Waals surface area (Å²) in [5.74, 6) is -0.888. The molecule has 0 spiro atoms. The van der Waals surface area contributed by atoms with Crippen molar-refractivity contribution in [3.63, 3.8) is 0 Å². The van der Waals surface area contributed by atoms with Gasteiger partial charge in [0.1, 0.15) is 33.2 Å². The first-order valence-electron chi connectivity index (χ1n) is 10.4. The number of hydrogen-bond donors (Lipinski definition) is 4. The number of rotatable bonds is 6. The van der Waals surface area contributed by atoms with Gasteiger partial charge in [0.2, 0.25) is 5.91 Å². The number of nitrogens with one attached hydrogen (secondary N) is 2. The summed E-state index contributed by atoms with van der Waals surface area (Å²) in [4.78, 5) is 41.3. The zero-order chi connectivity index (χ0) is 23.9. The van der Waals surface area contributed by atoms with Crippen LogP contribution in [0.4, 0.5) is 0 Å². The number of amides is 2. The molecule has 2 fully saturated rings. The summed E-state index contributed by atoms with van der Waals surface area (Å²) in [5, 5.41) is 24.9. The van der Waals surface area contributed by atoms with Crippen LogP contribution >= 0.6 is 35.7 Å². The number of nitrogens with zero attached hydrogens (tertiary/aromatic N) is 2. The van der Waals surface area contributed by atoms with Crippen molar-refractivity contribution in [2.75, 3.05) is 11.6 Å². The van der Waals surface area contributed by atoms with E-state index in [1.165, 1.54) is 40.6 Å². The van der Waals surface area contributed by atoms with Crippen molar-refractivity contribution in [3.8, 4) is 5.75 Å². The third-order valence-corrected chi connectivity index (χ3v) is 8.57. The molecule has 0 saturated carbocycles. The smallest absolute Gasteiger partial charge is 0.352 e. The van der Waals surface area contributed by atoms with Gasteiger partial charge >= 0.3 is 5.97 Å². The number of β-lactam (4-membered cyclic amide) rings is 1. The molecule has 1 aromatic carbocycles. The average molecular weight is 509 g/mol. The summed E-state index contributed by atoms with van der Waals surface area (Å²) in [7, 11) is 0. The molecule has 2 amide bonds. The van der Waals surface area contributed by atoms with Gasteiger partial charge in [0.25, 0.3) is 5.91 Å². The first kappa shape index (κ1) is 23.9. The largest absolute Gasteiger partial charge is 0.508 e. The third kappa shape index (κ3) is 4.44. The maximum atomic E-state index is 13.6. The molecule has 0 bridgehead atoms. The number of carbonyl (C=O) groups is 3. The standard InChI is InChI=1S/C21H24N4O5S3/c1-3-13-22-21(31)33-9-24(13)16(11-4-6-12(26)7-5-11)17(27)23-14-18(28)25-15(20(29)30)10(2)8-32-19(14)25/h4-7,13-14,16,19,26H,3,8-9H2,1-2H3,(H,22,31)(H,23,27)(H,29,30)/t13?,14-,16?,19-/m1/s1. The molecule has 4 rings (SSSR count). The molecule has 2 unspecified atom stereocenters. The number of benzene rings is 1. The van der Waals surface area contributed by atoms with Crippen LogP contribution in [0, 0.1) is 0 Å². The molecule has 3 aliphatic heterocycles. The number of phenols is 1. The monoisotopic (exact) mass is 508 g/mol. The summed E-state index contributed by atoms with van der Waals surface area (Å²) in [6.07, 6.45) is 0.522. The van der Waals surface area contributed by atoms with Gasteiger partial charge in [0.15, 0.2) is 0 Å². The number of aliphatic carboxylic acids is 1. The SMILES string of the molecule is CCC1NC(=S)SCN1C(C(=O)N[C@@H]1C(=O)N2C(C(=O)O)=C(C)CS[C@H]12)c1ccc(O)cc1. The fourth-order valence-corrected chi connectivity index (χ4v) is 6.63. The van der Waals surface area contributed by atoms with Gasteiger partial charge in [-0.3, -0.25) is 19.4 Å². The van der Waals surface area contributed by atoms with E-state index in [1.54, 1.807) is 19.1 Å². The molecule has 4 N–H and O–H groups in total. The van der Waals surface area contributed by atoms with Crippen molar-refractivity contribution in [1.82, 2.24) is 20.4 Å². The minimum absolute atomic E-state index is 0.000485. The highest BCUT2D eigenvalue weighted by atomic mass is 32.2. The summed E-state index contributed by atoms with van der Waals surface area (Å²) in [6, 6.07) is 4.87. The molecule has 9 nitrogen and oxygen atoms in total. The highest BCUT2D eigenvalue weighted by Gasteiger charge is 2.54. The van der Waals surface area contributed by atoms with E-state index in [1.807, 2.05) is 11.8 Å². The molecule has 1 aromatic rings. The summed E-state index contributed by atoms with van der Waals surface area (Å²) >= 11 is 8.14. The first-order chi connectivity index (χ1) is 15.7. The van der Waals surface area contributed by atoms with Gasteiger partial charge in [-0.15, -0.1) is 11.8 Å². The van der Waals surface area contributed by atoms with Crippen molar-refractivity contribution < 1.29 is 24.6 Å². The predicted octanol–water partition coefficient (Wildman–Crippen LogP) is 1.81. The maximum absolute atomic E-state index is 13.6. The Bertz CT molecular complexity index is 1030. The van der Waals surface area contributed by atoms with Gasteiger partial charge in [-0.2, -0.15) is 0 Å². The molecule has 176 valence electrons. The van der Waals surface area contributed by atoms with Crippen molar-refractivity contribution >= 4 is 57.8 Å². The zero-order valence-corrected chi connectivity index (χ0v) is 20.4. The molecule has 33 heavy (non-hydrogen) atoms. The molecule has 3 heterocycles. The fraction of sp³-hybridized carbons (Fsp3) is 0.429. The van der Waals surface area contributed by atoms with E-state index < -0.39 is 29.3 Å². The predicted molar refractivity (Wildman–Crippen MR) is 130 cm³/mol. The van der Waals surface area contributed by atoms with Crippen LogP contribution in [0.1, 0.15) is 31.9 Å².